The number of carbonyl (C=O) groups excluding carboxylic acids is 2. The van der Waals surface area contributed by atoms with E-state index in [9.17, 15) is 9.59 Å². The maximum absolute atomic E-state index is 11.7. The number of urea groups is 1. The van der Waals surface area contributed by atoms with Crippen molar-refractivity contribution in [3.63, 3.8) is 0 Å². The summed E-state index contributed by atoms with van der Waals surface area (Å²) >= 11 is 1.43. The number of benzene rings is 1. The minimum Gasteiger partial charge on any atom is -0.341 e. The summed E-state index contributed by atoms with van der Waals surface area (Å²) in [7, 11) is 1.48. The Morgan fingerprint density at radius 2 is 1.68 bits per heavy atom. The monoisotopic (exact) mass is 280 g/mol. The lowest BCUT2D eigenvalue weighted by atomic mass is 10.0. The van der Waals surface area contributed by atoms with Crippen LogP contribution < -0.4 is 10.6 Å². The largest absolute Gasteiger partial charge is 0.341 e. The summed E-state index contributed by atoms with van der Waals surface area (Å²) in [6.45, 7) is 6.06. The maximum Gasteiger partial charge on any atom is 0.321 e. The number of rotatable bonds is 4. The van der Waals surface area contributed by atoms with Crippen molar-refractivity contribution in [2.24, 2.45) is 0 Å². The SMILES string of the molecule is CNC(=O)NC(=O)C(C)Sc1ccc(C(C)C)cc1. The molecule has 0 heterocycles. The number of carbonyl (C=O) groups is 2. The van der Waals surface area contributed by atoms with E-state index in [1.807, 2.05) is 12.1 Å². The molecule has 1 aromatic rings. The van der Waals surface area contributed by atoms with Crippen LogP contribution >= 0.6 is 11.8 Å². The predicted molar refractivity (Wildman–Crippen MR) is 78.4 cm³/mol. The molecule has 0 aliphatic heterocycles. The van der Waals surface area contributed by atoms with Crippen molar-refractivity contribution in [3.05, 3.63) is 29.8 Å². The Morgan fingerprint density at radius 3 is 2.16 bits per heavy atom. The first kappa shape index (κ1) is 15.6. The van der Waals surface area contributed by atoms with Gasteiger partial charge in [-0.15, -0.1) is 11.8 Å². The van der Waals surface area contributed by atoms with Gasteiger partial charge in [0, 0.05) is 11.9 Å². The van der Waals surface area contributed by atoms with Crippen LogP contribution in [0.15, 0.2) is 29.2 Å². The van der Waals surface area contributed by atoms with Crippen molar-refractivity contribution in [1.82, 2.24) is 10.6 Å². The summed E-state index contributed by atoms with van der Waals surface area (Å²) in [5.41, 5.74) is 1.27. The van der Waals surface area contributed by atoms with Gasteiger partial charge in [0.15, 0.2) is 0 Å². The molecule has 0 bridgehead atoms. The molecule has 1 rings (SSSR count). The van der Waals surface area contributed by atoms with Crippen molar-refractivity contribution in [1.29, 1.82) is 0 Å². The standard InChI is InChI=1S/C14H20N2O2S/c1-9(2)11-5-7-12(8-6-11)19-10(3)13(17)16-14(18)15-4/h5-10H,1-4H3,(H2,15,16,17,18). The second-order valence-corrected chi connectivity index (χ2v) is 5.97. The summed E-state index contributed by atoms with van der Waals surface area (Å²) in [5.74, 6) is 0.199. The molecule has 0 fully saturated rings. The summed E-state index contributed by atoms with van der Waals surface area (Å²) < 4.78 is 0. The van der Waals surface area contributed by atoms with E-state index >= 15 is 0 Å². The number of hydrogen-bond donors (Lipinski definition) is 2. The van der Waals surface area contributed by atoms with Gasteiger partial charge in [-0.05, 0) is 30.5 Å². The maximum atomic E-state index is 11.7. The zero-order valence-corrected chi connectivity index (χ0v) is 12.5. The first-order valence-electron chi connectivity index (χ1n) is 6.23. The Hall–Kier alpha value is -1.49. The zero-order chi connectivity index (χ0) is 14.4. The van der Waals surface area contributed by atoms with E-state index in [1.54, 1.807) is 6.92 Å². The molecule has 4 nitrogen and oxygen atoms in total. The Kier molecular flexibility index (Phi) is 5.89. The van der Waals surface area contributed by atoms with Gasteiger partial charge in [-0.1, -0.05) is 26.0 Å². The van der Waals surface area contributed by atoms with Gasteiger partial charge >= 0.3 is 6.03 Å². The quantitative estimate of drug-likeness (QED) is 0.834. The third-order valence-corrected chi connectivity index (χ3v) is 3.80. The fourth-order valence-electron chi connectivity index (χ4n) is 1.46. The fourth-order valence-corrected chi connectivity index (χ4v) is 2.33. The average molecular weight is 280 g/mol. The van der Waals surface area contributed by atoms with Gasteiger partial charge in [-0.25, -0.2) is 4.79 Å². The molecular formula is C14H20N2O2S. The van der Waals surface area contributed by atoms with E-state index in [1.165, 1.54) is 24.4 Å². The molecule has 0 aliphatic rings. The lowest BCUT2D eigenvalue weighted by molar-refractivity contribution is -0.119. The second-order valence-electron chi connectivity index (χ2n) is 4.55. The van der Waals surface area contributed by atoms with Gasteiger partial charge in [-0.2, -0.15) is 0 Å². The van der Waals surface area contributed by atoms with Gasteiger partial charge in [0.25, 0.3) is 0 Å². The van der Waals surface area contributed by atoms with Crippen molar-refractivity contribution in [3.8, 4) is 0 Å². The first-order chi connectivity index (χ1) is 8.93. The van der Waals surface area contributed by atoms with E-state index in [0.717, 1.165) is 4.90 Å². The van der Waals surface area contributed by atoms with Gasteiger partial charge < -0.3 is 5.32 Å². The molecule has 0 saturated heterocycles. The highest BCUT2D eigenvalue weighted by Gasteiger charge is 2.16. The number of imide groups is 1. The van der Waals surface area contributed by atoms with Crippen molar-refractivity contribution >= 4 is 23.7 Å². The third kappa shape index (κ3) is 4.95. The molecule has 104 valence electrons. The molecule has 0 radical (unpaired) electrons. The molecule has 5 heteroatoms. The van der Waals surface area contributed by atoms with Crippen LogP contribution in [0.1, 0.15) is 32.3 Å². The highest BCUT2D eigenvalue weighted by Crippen LogP contribution is 2.25. The summed E-state index contributed by atoms with van der Waals surface area (Å²) in [6.07, 6.45) is 0. The number of thioether (sulfide) groups is 1. The van der Waals surface area contributed by atoms with Crippen LogP contribution in [-0.2, 0) is 4.79 Å². The fraction of sp³-hybridized carbons (Fsp3) is 0.429. The van der Waals surface area contributed by atoms with Gasteiger partial charge in [-0.3, -0.25) is 10.1 Å². The van der Waals surface area contributed by atoms with Gasteiger partial charge in [0.1, 0.15) is 0 Å². The van der Waals surface area contributed by atoms with Crippen molar-refractivity contribution in [2.45, 2.75) is 36.8 Å². The van der Waals surface area contributed by atoms with E-state index in [2.05, 4.69) is 36.6 Å². The Labute approximate surface area is 118 Å². The smallest absolute Gasteiger partial charge is 0.321 e. The Bertz CT molecular complexity index is 443. The zero-order valence-electron chi connectivity index (χ0n) is 11.7. The molecular weight excluding hydrogens is 260 g/mol. The number of hydrogen-bond acceptors (Lipinski definition) is 3. The molecule has 19 heavy (non-hydrogen) atoms. The minimum atomic E-state index is -0.479. The van der Waals surface area contributed by atoms with E-state index < -0.39 is 6.03 Å². The molecule has 1 atom stereocenters. The topological polar surface area (TPSA) is 58.2 Å². The molecule has 1 unspecified atom stereocenters. The minimum absolute atomic E-state index is 0.294. The van der Waals surface area contributed by atoms with Crippen molar-refractivity contribution in [2.75, 3.05) is 7.05 Å². The molecule has 0 spiro atoms. The average Bonchev–Trinajstić information content (AvgIpc) is 2.38. The van der Waals surface area contributed by atoms with Crippen LogP contribution in [-0.4, -0.2) is 24.2 Å². The number of nitrogens with one attached hydrogen (secondary N) is 2. The summed E-state index contributed by atoms with van der Waals surface area (Å²) in [6, 6.07) is 7.66. The Balaban J connectivity index is 2.58. The number of amides is 3. The van der Waals surface area contributed by atoms with E-state index in [4.69, 9.17) is 0 Å². The highest BCUT2D eigenvalue weighted by molar-refractivity contribution is 8.00. The molecule has 3 amide bonds. The highest BCUT2D eigenvalue weighted by atomic mass is 32.2. The van der Waals surface area contributed by atoms with Gasteiger partial charge in [0.2, 0.25) is 5.91 Å². The van der Waals surface area contributed by atoms with Crippen LogP contribution in [0.3, 0.4) is 0 Å². The summed E-state index contributed by atoms with van der Waals surface area (Å²) in [5, 5.41) is 4.31. The van der Waals surface area contributed by atoms with Crippen LogP contribution in [0.4, 0.5) is 4.79 Å². The lowest BCUT2D eigenvalue weighted by Gasteiger charge is -2.12. The van der Waals surface area contributed by atoms with Crippen LogP contribution in [0, 0.1) is 0 Å². The Morgan fingerprint density at radius 1 is 1.11 bits per heavy atom. The predicted octanol–water partition coefficient (Wildman–Crippen LogP) is 2.75. The lowest BCUT2D eigenvalue weighted by Crippen LogP contribution is -2.41. The van der Waals surface area contributed by atoms with E-state index in [0.29, 0.717) is 5.92 Å². The van der Waals surface area contributed by atoms with Crippen LogP contribution in [0.25, 0.3) is 0 Å². The van der Waals surface area contributed by atoms with Crippen molar-refractivity contribution < 1.29 is 9.59 Å². The normalized spacial score (nSPS) is 12.1. The third-order valence-electron chi connectivity index (χ3n) is 2.69. The second kappa shape index (κ2) is 7.19. The van der Waals surface area contributed by atoms with Crippen LogP contribution in [0.2, 0.25) is 0 Å². The summed E-state index contributed by atoms with van der Waals surface area (Å²) in [4.78, 5) is 23.8. The molecule has 0 aliphatic carbocycles. The van der Waals surface area contributed by atoms with E-state index in [-0.39, 0.29) is 11.2 Å². The molecule has 1 aromatic carbocycles. The van der Waals surface area contributed by atoms with Gasteiger partial charge in [0.05, 0.1) is 5.25 Å². The van der Waals surface area contributed by atoms with Crippen LogP contribution in [0.5, 0.6) is 0 Å². The molecule has 2 N–H and O–H groups in total. The first-order valence-corrected chi connectivity index (χ1v) is 7.11. The molecule has 0 aromatic heterocycles. The molecule has 0 saturated carbocycles.